The van der Waals surface area contributed by atoms with Gasteiger partial charge in [0, 0.05) is 5.69 Å². The Morgan fingerprint density at radius 2 is 2.14 bits per heavy atom. The lowest BCUT2D eigenvalue weighted by molar-refractivity contribution is -0.141. The minimum absolute atomic E-state index is 0.0187. The number of hydrogen-bond donors (Lipinski definition) is 1. The fourth-order valence-corrected chi connectivity index (χ4v) is 2.67. The van der Waals surface area contributed by atoms with Gasteiger partial charge in [0.2, 0.25) is 5.91 Å². The minimum Gasteiger partial charge on any atom is -0.369 e. The van der Waals surface area contributed by atoms with Crippen molar-refractivity contribution in [3.63, 3.8) is 0 Å². The molecule has 5 nitrogen and oxygen atoms in total. The zero-order valence-electron chi connectivity index (χ0n) is 11.9. The van der Waals surface area contributed by atoms with E-state index in [1.165, 1.54) is 6.92 Å². The summed E-state index contributed by atoms with van der Waals surface area (Å²) in [5.41, 5.74) is 3.68. The first kappa shape index (κ1) is 15.7. The molecule has 1 aromatic heterocycles. The second-order valence-electron chi connectivity index (χ2n) is 5.48. The maximum Gasteiger partial charge on any atom is 0.433 e. The molecule has 0 aromatic carbocycles. The van der Waals surface area contributed by atoms with Crippen molar-refractivity contribution < 1.29 is 18.0 Å². The van der Waals surface area contributed by atoms with Crippen LogP contribution in [0, 0.1) is 6.92 Å². The van der Waals surface area contributed by atoms with E-state index in [1.807, 2.05) is 0 Å². The van der Waals surface area contributed by atoms with Crippen molar-refractivity contribution in [1.29, 1.82) is 0 Å². The van der Waals surface area contributed by atoms with Crippen molar-refractivity contribution in [1.82, 2.24) is 14.9 Å². The smallest absolute Gasteiger partial charge is 0.369 e. The third-order valence-corrected chi connectivity index (χ3v) is 3.76. The first-order chi connectivity index (χ1) is 9.63. The quantitative estimate of drug-likeness (QED) is 0.920. The number of alkyl halides is 3. The van der Waals surface area contributed by atoms with Crippen molar-refractivity contribution in [2.75, 3.05) is 13.1 Å². The topological polar surface area (TPSA) is 72.1 Å². The number of carbonyl (C=O) groups is 1. The normalized spacial score (nSPS) is 23.5. The van der Waals surface area contributed by atoms with Crippen LogP contribution in [0.25, 0.3) is 0 Å². The lowest BCUT2D eigenvalue weighted by Gasteiger charge is -2.33. The number of carbonyl (C=O) groups excluding carboxylic acids is 1. The summed E-state index contributed by atoms with van der Waals surface area (Å²) < 4.78 is 38.7. The van der Waals surface area contributed by atoms with E-state index in [1.54, 1.807) is 11.8 Å². The maximum absolute atomic E-state index is 12.9. The zero-order valence-corrected chi connectivity index (χ0v) is 11.9. The van der Waals surface area contributed by atoms with Gasteiger partial charge in [-0.05, 0) is 39.3 Å². The van der Waals surface area contributed by atoms with E-state index < -0.39 is 23.3 Å². The van der Waals surface area contributed by atoms with Gasteiger partial charge in [-0.1, -0.05) is 0 Å². The third-order valence-electron chi connectivity index (χ3n) is 3.76. The monoisotopic (exact) mass is 302 g/mol. The molecule has 2 heterocycles. The second-order valence-corrected chi connectivity index (χ2v) is 5.48. The Bertz CT molecular complexity index is 561. The summed E-state index contributed by atoms with van der Waals surface area (Å²) in [5, 5.41) is 0. The first-order valence-electron chi connectivity index (χ1n) is 6.59. The van der Waals surface area contributed by atoms with Crippen molar-refractivity contribution >= 4 is 5.91 Å². The molecule has 0 saturated carbocycles. The Balaban J connectivity index is 2.44. The van der Waals surface area contributed by atoms with Crippen LogP contribution in [-0.2, 0) is 16.5 Å². The number of nitrogens with zero attached hydrogens (tertiary/aromatic N) is 3. The van der Waals surface area contributed by atoms with Gasteiger partial charge in [0.15, 0.2) is 0 Å². The molecule has 2 N–H and O–H groups in total. The number of amides is 1. The summed E-state index contributed by atoms with van der Waals surface area (Å²) in [6.07, 6.45) is -3.19. The van der Waals surface area contributed by atoms with Crippen LogP contribution in [0.2, 0.25) is 0 Å². The van der Waals surface area contributed by atoms with E-state index >= 15 is 0 Å². The van der Waals surface area contributed by atoms with Gasteiger partial charge in [-0.3, -0.25) is 9.69 Å². The van der Waals surface area contributed by atoms with Crippen LogP contribution in [0.1, 0.15) is 37.0 Å². The zero-order chi connectivity index (χ0) is 15.8. The standard InChI is InChI=1S/C13H17F3N4O/c1-8-6-9(13(14,15)16)19-11(18-8)12(2)4-3-5-20(12)7-10(17)21/h6H,3-5,7H2,1-2H3,(H2,17,21)/t12-/m1/s1. The second kappa shape index (κ2) is 5.25. The SMILES string of the molecule is Cc1cc(C(F)(F)F)nc([C@@]2(C)CCCN2CC(N)=O)n1. The van der Waals surface area contributed by atoms with E-state index in [4.69, 9.17) is 5.73 Å². The van der Waals surface area contributed by atoms with Gasteiger partial charge in [0.05, 0.1) is 12.1 Å². The molecule has 1 atom stereocenters. The number of halogens is 3. The molecule has 0 aliphatic carbocycles. The Labute approximate surface area is 120 Å². The van der Waals surface area contributed by atoms with Crippen LogP contribution in [0.5, 0.6) is 0 Å². The molecule has 1 saturated heterocycles. The molecule has 1 amide bonds. The Morgan fingerprint density at radius 1 is 1.48 bits per heavy atom. The predicted octanol–water partition coefficient (Wildman–Crippen LogP) is 1.60. The van der Waals surface area contributed by atoms with E-state index in [0.717, 1.165) is 12.5 Å². The van der Waals surface area contributed by atoms with Crippen LogP contribution >= 0.6 is 0 Å². The van der Waals surface area contributed by atoms with Gasteiger partial charge in [0.25, 0.3) is 0 Å². The molecular weight excluding hydrogens is 285 g/mol. The van der Waals surface area contributed by atoms with Crippen molar-refractivity contribution in [3.05, 3.63) is 23.3 Å². The highest BCUT2D eigenvalue weighted by molar-refractivity contribution is 5.76. The molecule has 8 heteroatoms. The molecule has 2 rings (SSSR count). The molecule has 0 bridgehead atoms. The Kier molecular flexibility index (Phi) is 3.92. The fraction of sp³-hybridized carbons (Fsp3) is 0.615. The molecule has 1 fully saturated rings. The summed E-state index contributed by atoms with van der Waals surface area (Å²) in [4.78, 5) is 20.7. The van der Waals surface area contributed by atoms with Crippen molar-refractivity contribution in [2.45, 2.75) is 38.4 Å². The van der Waals surface area contributed by atoms with E-state index in [9.17, 15) is 18.0 Å². The molecule has 1 aliphatic heterocycles. The summed E-state index contributed by atoms with van der Waals surface area (Å²) >= 11 is 0. The Hall–Kier alpha value is -1.70. The van der Waals surface area contributed by atoms with Gasteiger partial charge >= 0.3 is 6.18 Å². The molecule has 21 heavy (non-hydrogen) atoms. The number of hydrogen-bond acceptors (Lipinski definition) is 4. The van der Waals surface area contributed by atoms with Gasteiger partial charge in [-0.2, -0.15) is 13.2 Å². The van der Waals surface area contributed by atoms with E-state index in [2.05, 4.69) is 9.97 Å². The highest BCUT2D eigenvalue weighted by Crippen LogP contribution is 2.38. The van der Waals surface area contributed by atoms with Gasteiger partial charge in [0.1, 0.15) is 11.5 Å². The number of rotatable bonds is 3. The summed E-state index contributed by atoms with van der Waals surface area (Å²) in [6, 6.07) is 0.917. The largest absolute Gasteiger partial charge is 0.433 e. The lowest BCUT2D eigenvalue weighted by atomic mass is 9.97. The summed E-state index contributed by atoms with van der Waals surface area (Å²) in [6.45, 7) is 3.81. The predicted molar refractivity (Wildman–Crippen MR) is 69.1 cm³/mol. The van der Waals surface area contributed by atoms with Crippen LogP contribution in [0.3, 0.4) is 0 Å². The van der Waals surface area contributed by atoms with E-state index in [-0.39, 0.29) is 18.1 Å². The van der Waals surface area contributed by atoms with Crippen LogP contribution in [0.15, 0.2) is 6.07 Å². The number of nitrogens with two attached hydrogens (primary N) is 1. The highest BCUT2D eigenvalue weighted by atomic mass is 19.4. The molecule has 116 valence electrons. The number of aryl methyl sites for hydroxylation is 1. The van der Waals surface area contributed by atoms with Crippen molar-refractivity contribution in [3.8, 4) is 0 Å². The number of likely N-dealkylation sites (tertiary alicyclic amines) is 1. The van der Waals surface area contributed by atoms with Crippen LogP contribution < -0.4 is 5.73 Å². The number of aromatic nitrogens is 2. The van der Waals surface area contributed by atoms with Gasteiger partial charge in [-0.15, -0.1) is 0 Å². The average Bonchev–Trinajstić information content (AvgIpc) is 2.69. The Morgan fingerprint density at radius 3 is 2.71 bits per heavy atom. The molecule has 0 unspecified atom stereocenters. The minimum atomic E-state index is -4.52. The fourth-order valence-electron chi connectivity index (χ4n) is 2.67. The maximum atomic E-state index is 12.9. The molecular formula is C13H17F3N4O. The molecule has 1 aromatic rings. The first-order valence-corrected chi connectivity index (χ1v) is 6.59. The molecule has 0 radical (unpaired) electrons. The lowest BCUT2D eigenvalue weighted by Crippen LogP contribution is -2.44. The third kappa shape index (κ3) is 3.15. The van der Waals surface area contributed by atoms with Gasteiger partial charge < -0.3 is 5.73 Å². The molecule has 1 aliphatic rings. The van der Waals surface area contributed by atoms with Crippen LogP contribution in [0.4, 0.5) is 13.2 Å². The summed E-state index contributed by atoms with van der Waals surface area (Å²) in [5.74, 6) is -0.430. The van der Waals surface area contributed by atoms with Gasteiger partial charge in [-0.25, -0.2) is 9.97 Å². The molecule has 0 spiro atoms. The van der Waals surface area contributed by atoms with E-state index in [0.29, 0.717) is 13.0 Å². The van der Waals surface area contributed by atoms with Crippen LogP contribution in [-0.4, -0.2) is 33.9 Å². The number of primary amides is 1. The average molecular weight is 302 g/mol. The van der Waals surface area contributed by atoms with Crippen molar-refractivity contribution in [2.24, 2.45) is 5.73 Å². The highest BCUT2D eigenvalue weighted by Gasteiger charge is 2.43. The summed E-state index contributed by atoms with van der Waals surface area (Å²) in [7, 11) is 0.